The summed E-state index contributed by atoms with van der Waals surface area (Å²) in [7, 11) is 0. The van der Waals surface area contributed by atoms with Gasteiger partial charge in [0.15, 0.2) is 11.9 Å². The van der Waals surface area contributed by atoms with E-state index in [9.17, 15) is 4.79 Å². The number of Topliss-reactive ketones (excluding diaryl/α,β-unsaturated/α-hetero) is 1. The van der Waals surface area contributed by atoms with Crippen LogP contribution in [0.2, 0.25) is 0 Å². The number of hydrogen-bond donors (Lipinski definition) is 0. The zero-order valence-electron chi connectivity index (χ0n) is 15.1. The van der Waals surface area contributed by atoms with Crippen molar-refractivity contribution in [2.75, 3.05) is 0 Å². The first kappa shape index (κ1) is 17.1. The Balaban J connectivity index is 1.52. The molecule has 2 aromatic rings. The summed E-state index contributed by atoms with van der Waals surface area (Å²) >= 11 is 0. The van der Waals surface area contributed by atoms with Crippen LogP contribution < -0.4 is 0 Å². The fourth-order valence-corrected chi connectivity index (χ4v) is 4.57. The van der Waals surface area contributed by atoms with Crippen LogP contribution in [0.15, 0.2) is 60.7 Å². The van der Waals surface area contributed by atoms with Crippen LogP contribution in [0.25, 0.3) is 0 Å². The Kier molecular flexibility index (Phi) is 4.13. The molecule has 4 bridgehead atoms. The summed E-state index contributed by atoms with van der Waals surface area (Å²) in [5.74, 6) is -0.129. The number of rotatable bonds is 5. The van der Waals surface area contributed by atoms with Crippen LogP contribution in [0, 0.1) is 5.92 Å². The number of carbonyl (C=O) groups excluding carboxylic acids is 1. The minimum absolute atomic E-state index is 0.0395. The van der Waals surface area contributed by atoms with Crippen LogP contribution in [0.1, 0.15) is 18.1 Å². The van der Waals surface area contributed by atoms with E-state index in [0.29, 0.717) is 13.0 Å². The summed E-state index contributed by atoms with van der Waals surface area (Å²) in [5, 5.41) is 0. The van der Waals surface area contributed by atoms with Crippen molar-refractivity contribution in [3.8, 4) is 0 Å². The summed E-state index contributed by atoms with van der Waals surface area (Å²) < 4.78 is 24.0. The third kappa shape index (κ3) is 2.74. The largest absolute Gasteiger partial charge is 0.364 e. The average Bonchev–Trinajstić information content (AvgIpc) is 2.71. The van der Waals surface area contributed by atoms with Gasteiger partial charge in [0.05, 0.1) is 6.61 Å². The first-order chi connectivity index (χ1) is 13.2. The van der Waals surface area contributed by atoms with Crippen molar-refractivity contribution in [1.29, 1.82) is 0 Å². The van der Waals surface area contributed by atoms with Crippen molar-refractivity contribution in [2.45, 2.75) is 50.3 Å². The topological polar surface area (TPSA) is 54.0 Å². The lowest BCUT2D eigenvalue weighted by Gasteiger charge is -2.60. The number of hydrogen-bond acceptors (Lipinski definition) is 5. The van der Waals surface area contributed by atoms with E-state index >= 15 is 0 Å². The van der Waals surface area contributed by atoms with Crippen molar-refractivity contribution in [3.63, 3.8) is 0 Å². The van der Waals surface area contributed by atoms with Crippen molar-refractivity contribution in [1.82, 2.24) is 0 Å². The summed E-state index contributed by atoms with van der Waals surface area (Å²) in [6, 6.07) is 20.0. The molecule has 6 rings (SSSR count). The molecule has 0 radical (unpaired) electrons. The highest BCUT2D eigenvalue weighted by Gasteiger charge is 2.68. The van der Waals surface area contributed by atoms with Crippen LogP contribution in [-0.4, -0.2) is 36.2 Å². The van der Waals surface area contributed by atoms with E-state index < -0.39 is 24.3 Å². The monoisotopic (exact) mass is 366 g/mol. The summed E-state index contributed by atoms with van der Waals surface area (Å²) in [4.78, 5) is 13.0. The molecule has 3 heterocycles. The highest BCUT2D eigenvalue weighted by atomic mass is 16.9. The molecule has 0 spiro atoms. The molecule has 0 N–H and O–H groups in total. The predicted octanol–water partition coefficient (Wildman–Crippen LogP) is 2.87. The minimum atomic E-state index is -0.871. The molecule has 0 amide bonds. The van der Waals surface area contributed by atoms with Gasteiger partial charge in [0.1, 0.15) is 17.8 Å². The molecule has 6 unspecified atom stereocenters. The van der Waals surface area contributed by atoms with Gasteiger partial charge in [0.2, 0.25) is 0 Å². The molecule has 2 aromatic carbocycles. The zero-order chi connectivity index (χ0) is 18.4. The molecule has 4 aliphatic rings. The van der Waals surface area contributed by atoms with Gasteiger partial charge in [-0.3, -0.25) is 4.79 Å². The fraction of sp³-hybridized carbons (Fsp3) is 0.409. The predicted molar refractivity (Wildman–Crippen MR) is 96.7 cm³/mol. The highest BCUT2D eigenvalue weighted by Crippen LogP contribution is 2.49. The van der Waals surface area contributed by atoms with Gasteiger partial charge in [-0.05, 0) is 11.1 Å². The second-order valence-electron chi connectivity index (χ2n) is 7.57. The second-order valence-corrected chi connectivity index (χ2v) is 7.57. The van der Waals surface area contributed by atoms with Gasteiger partial charge >= 0.3 is 0 Å². The Bertz CT molecular complexity index is 823. The van der Waals surface area contributed by atoms with Crippen LogP contribution in [-0.2, 0) is 36.8 Å². The maximum Gasteiger partial charge on any atom is 0.273 e. The third-order valence-corrected chi connectivity index (χ3v) is 5.86. The van der Waals surface area contributed by atoms with Crippen LogP contribution in [0.4, 0.5) is 0 Å². The lowest BCUT2D eigenvalue weighted by atomic mass is 9.67. The fourth-order valence-electron chi connectivity index (χ4n) is 4.57. The summed E-state index contributed by atoms with van der Waals surface area (Å²) in [5.41, 5.74) is 1.27. The highest BCUT2D eigenvalue weighted by molar-refractivity contribution is 5.91. The number of benzene rings is 2. The molecule has 1 aliphatic carbocycles. The van der Waals surface area contributed by atoms with Gasteiger partial charge < -0.3 is 18.9 Å². The number of carbonyl (C=O) groups is 1. The van der Waals surface area contributed by atoms with Gasteiger partial charge in [-0.25, -0.2) is 0 Å². The summed E-state index contributed by atoms with van der Waals surface area (Å²) in [6.45, 7) is 1.61. The Morgan fingerprint density at radius 3 is 2.30 bits per heavy atom. The van der Waals surface area contributed by atoms with Gasteiger partial charge in [0.25, 0.3) is 6.48 Å². The first-order valence-electron chi connectivity index (χ1n) is 9.39. The third-order valence-electron chi connectivity index (χ3n) is 5.86. The van der Waals surface area contributed by atoms with Crippen LogP contribution in [0.3, 0.4) is 0 Å². The number of ketones is 1. The smallest absolute Gasteiger partial charge is 0.273 e. The van der Waals surface area contributed by atoms with E-state index in [0.717, 1.165) is 11.1 Å². The first-order valence-corrected chi connectivity index (χ1v) is 9.39. The molecule has 140 valence electrons. The second kappa shape index (κ2) is 6.53. The standard InChI is InChI=1S/C22H22O5/c1-14-18-17(23)20-22(12-15-8-4-2-5-9-15,19(14)26-21(25-18)27-20)24-13-16-10-6-3-7-11-16/h2-11,14,18-21H,12-13H2,1H3. The van der Waals surface area contributed by atoms with Crippen LogP contribution in [0.5, 0.6) is 0 Å². The maximum absolute atomic E-state index is 13.0. The van der Waals surface area contributed by atoms with E-state index in [1.807, 2.05) is 67.6 Å². The summed E-state index contributed by atoms with van der Waals surface area (Å²) in [6.07, 6.45) is -0.871. The van der Waals surface area contributed by atoms with E-state index in [1.165, 1.54) is 0 Å². The molecule has 3 saturated heterocycles. The molecule has 6 atom stereocenters. The average molecular weight is 366 g/mol. The molecular formula is C22H22O5. The van der Waals surface area contributed by atoms with Gasteiger partial charge in [-0.1, -0.05) is 67.6 Å². The Labute approximate surface area is 158 Å². The molecule has 1 saturated carbocycles. The van der Waals surface area contributed by atoms with E-state index in [2.05, 4.69) is 0 Å². The van der Waals surface area contributed by atoms with Gasteiger partial charge in [-0.15, -0.1) is 0 Å². The lowest BCUT2D eigenvalue weighted by molar-refractivity contribution is -0.457. The normalized spacial score (nSPS) is 36.9. The van der Waals surface area contributed by atoms with Gasteiger partial charge in [0, 0.05) is 12.3 Å². The molecule has 3 aliphatic heterocycles. The van der Waals surface area contributed by atoms with Crippen molar-refractivity contribution < 1.29 is 23.7 Å². The lowest BCUT2D eigenvalue weighted by Crippen LogP contribution is -2.78. The Morgan fingerprint density at radius 2 is 1.59 bits per heavy atom. The molecular weight excluding hydrogens is 344 g/mol. The van der Waals surface area contributed by atoms with Crippen molar-refractivity contribution in [2.24, 2.45) is 5.92 Å². The molecule has 0 aromatic heterocycles. The molecule has 4 fully saturated rings. The Hall–Kier alpha value is -2.05. The van der Waals surface area contributed by atoms with Crippen molar-refractivity contribution >= 4 is 5.78 Å². The quantitative estimate of drug-likeness (QED) is 0.814. The maximum atomic E-state index is 13.0. The van der Waals surface area contributed by atoms with E-state index in [4.69, 9.17) is 18.9 Å². The van der Waals surface area contributed by atoms with E-state index in [1.54, 1.807) is 0 Å². The zero-order valence-corrected chi connectivity index (χ0v) is 15.1. The van der Waals surface area contributed by atoms with Crippen molar-refractivity contribution in [3.05, 3.63) is 71.8 Å². The molecule has 27 heavy (non-hydrogen) atoms. The van der Waals surface area contributed by atoms with Gasteiger partial charge in [-0.2, -0.15) is 0 Å². The molecule has 5 nitrogen and oxygen atoms in total. The SMILES string of the molecule is CC1C2OC3OC(C2=O)C(Cc2ccccc2)(OCc2ccccc2)C1O3. The van der Waals surface area contributed by atoms with E-state index in [-0.39, 0.29) is 17.8 Å². The number of ether oxygens (including phenoxy) is 4. The Morgan fingerprint density at radius 1 is 0.926 bits per heavy atom. The molecule has 5 heteroatoms. The van der Waals surface area contributed by atoms with Crippen LogP contribution >= 0.6 is 0 Å². The minimum Gasteiger partial charge on any atom is -0.364 e.